The maximum Gasteiger partial charge on any atom is 0.308 e. The molecule has 2 aromatic carbocycles. The first-order valence-electron chi connectivity index (χ1n) is 11.2. The molecule has 0 aromatic heterocycles. The minimum atomic E-state index is -0.203. The molecule has 0 bridgehead atoms. The zero-order valence-corrected chi connectivity index (χ0v) is 18.6. The molecule has 31 heavy (non-hydrogen) atoms. The lowest BCUT2D eigenvalue weighted by molar-refractivity contribution is -0.144. The molecule has 3 rings (SSSR count). The second kappa shape index (κ2) is 12.2. The Bertz CT molecular complexity index is 809. The van der Waals surface area contributed by atoms with Gasteiger partial charge in [0.1, 0.15) is 11.9 Å². The highest BCUT2D eigenvalue weighted by atomic mass is 16.5. The summed E-state index contributed by atoms with van der Waals surface area (Å²) in [4.78, 5) is 13.7. The van der Waals surface area contributed by atoms with Crippen LogP contribution in [0.5, 0.6) is 5.75 Å². The Hall–Kier alpha value is -2.73. The van der Waals surface area contributed by atoms with Gasteiger partial charge in [-0.05, 0) is 56.5 Å². The molecular formula is C25H34N2O4. The van der Waals surface area contributed by atoms with Gasteiger partial charge < -0.3 is 24.4 Å². The molecule has 1 heterocycles. The van der Waals surface area contributed by atoms with E-state index >= 15 is 0 Å². The Morgan fingerprint density at radius 2 is 1.97 bits per heavy atom. The standard InChI is InChI=1S/C25H34N2O4/c1-3-30-25(28)14-18-29-17-13-21-9-11-22(12-10-21)26-15-6-16-27-19-20(2)31-24-8-5-4-7-23(24)27/h4-5,7-12,20,26H,3,6,13-19H2,1-2H3. The van der Waals surface area contributed by atoms with Crippen molar-refractivity contribution >= 4 is 17.3 Å². The third kappa shape index (κ3) is 7.47. The molecule has 168 valence electrons. The molecule has 0 saturated carbocycles. The monoisotopic (exact) mass is 426 g/mol. The van der Waals surface area contributed by atoms with Gasteiger partial charge in [0.15, 0.2) is 0 Å². The molecular weight excluding hydrogens is 392 g/mol. The largest absolute Gasteiger partial charge is 0.487 e. The Labute approximate surface area is 185 Å². The fraction of sp³-hybridized carbons (Fsp3) is 0.480. The zero-order valence-electron chi connectivity index (χ0n) is 18.6. The number of para-hydroxylation sites is 2. The summed E-state index contributed by atoms with van der Waals surface area (Å²) in [7, 11) is 0. The van der Waals surface area contributed by atoms with Crippen molar-refractivity contribution in [1.29, 1.82) is 0 Å². The highest BCUT2D eigenvalue weighted by Gasteiger charge is 2.21. The fourth-order valence-electron chi connectivity index (χ4n) is 3.67. The summed E-state index contributed by atoms with van der Waals surface area (Å²) < 4.78 is 16.3. The number of anilines is 2. The molecule has 1 unspecified atom stereocenters. The van der Waals surface area contributed by atoms with Crippen LogP contribution in [0.3, 0.4) is 0 Å². The van der Waals surface area contributed by atoms with Crippen molar-refractivity contribution in [2.45, 2.75) is 39.2 Å². The van der Waals surface area contributed by atoms with Crippen LogP contribution in [0.4, 0.5) is 11.4 Å². The van der Waals surface area contributed by atoms with E-state index in [2.05, 4.69) is 53.5 Å². The highest BCUT2D eigenvalue weighted by molar-refractivity contribution is 5.69. The third-order valence-corrected chi connectivity index (χ3v) is 5.19. The molecule has 1 aliphatic rings. The summed E-state index contributed by atoms with van der Waals surface area (Å²) in [6.45, 7) is 8.20. The number of hydrogen-bond donors (Lipinski definition) is 1. The number of nitrogens with zero attached hydrogens (tertiary/aromatic N) is 1. The van der Waals surface area contributed by atoms with Crippen LogP contribution < -0.4 is 15.0 Å². The SMILES string of the molecule is CCOC(=O)CCOCCc1ccc(NCCCN2CC(C)Oc3ccccc32)cc1. The van der Waals surface area contributed by atoms with E-state index in [0.29, 0.717) is 26.2 Å². The maximum atomic E-state index is 11.3. The van der Waals surface area contributed by atoms with Crippen molar-refractivity contribution in [1.82, 2.24) is 0 Å². The van der Waals surface area contributed by atoms with E-state index in [0.717, 1.165) is 43.9 Å². The Morgan fingerprint density at radius 3 is 2.77 bits per heavy atom. The second-order valence-corrected chi connectivity index (χ2v) is 7.74. The molecule has 6 nitrogen and oxygen atoms in total. The number of hydrogen-bond acceptors (Lipinski definition) is 6. The number of carbonyl (C=O) groups excluding carboxylic acids is 1. The highest BCUT2D eigenvalue weighted by Crippen LogP contribution is 2.32. The molecule has 0 saturated heterocycles. The van der Waals surface area contributed by atoms with Crippen LogP contribution in [-0.2, 0) is 20.7 Å². The number of fused-ring (bicyclic) bond motifs is 1. The van der Waals surface area contributed by atoms with Gasteiger partial charge in [-0.3, -0.25) is 4.79 Å². The third-order valence-electron chi connectivity index (χ3n) is 5.19. The van der Waals surface area contributed by atoms with Crippen LogP contribution in [0.25, 0.3) is 0 Å². The summed E-state index contributed by atoms with van der Waals surface area (Å²) >= 11 is 0. The Balaban J connectivity index is 1.32. The molecule has 1 atom stereocenters. The Kier molecular flexibility index (Phi) is 9.03. The summed E-state index contributed by atoms with van der Waals surface area (Å²) in [5.74, 6) is 0.778. The molecule has 1 N–H and O–H groups in total. The summed E-state index contributed by atoms with van der Waals surface area (Å²) in [5.41, 5.74) is 3.54. The van der Waals surface area contributed by atoms with Crippen LogP contribution in [-0.4, -0.2) is 51.5 Å². The molecule has 1 aliphatic heterocycles. The molecule has 0 fully saturated rings. The van der Waals surface area contributed by atoms with Gasteiger partial charge in [0.05, 0.1) is 38.5 Å². The number of carbonyl (C=O) groups is 1. The van der Waals surface area contributed by atoms with Crippen molar-refractivity contribution in [3.8, 4) is 5.75 Å². The van der Waals surface area contributed by atoms with Crippen LogP contribution in [0.15, 0.2) is 48.5 Å². The number of ether oxygens (including phenoxy) is 3. The lowest BCUT2D eigenvalue weighted by Crippen LogP contribution is -2.39. The lowest BCUT2D eigenvalue weighted by atomic mass is 10.1. The van der Waals surface area contributed by atoms with Gasteiger partial charge in [-0.2, -0.15) is 0 Å². The number of rotatable bonds is 12. The van der Waals surface area contributed by atoms with Gasteiger partial charge >= 0.3 is 5.97 Å². The predicted octanol–water partition coefficient (Wildman–Crippen LogP) is 4.29. The number of nitrogens with one attached hydrogen (secondary N) is 1. The maximum absolute atomic E-state index is 11.3. The van der Waals surface area contributed by atoms with Crippen molar-refractivity contribution in [3.05, 3.63) is 54.1 Å². The van der Waals surface area contributed by atoms with Crippen LogP contribution in [0.2, 0.25) is 0 Å². The van der Waals surface area contributed by atoms with Crippen LogP contribution in [0, 0.1) is 0 Å². The normalized spacial score (nSPS) is 15.2. The Morgan fingerprint density at radius 1 is 1.16 bits per heavy atom. The van der Waals surface area contributed by atoms with Crippen molar-refractivity contribution in [2.24, 2.45) is 0 Å². The van der Waals surface area contributed by atoms with Gasteiger partial charge in [-0.15, -0.1) is 0 Å². The van der Waals surface area contributed by atoms with Gasteiger partial charge in [0, 0.05) is 18.8 Å². The van der Waals surface area contributed by atoms with E-state index in [1.165, 1.54) is 11.3 Å². The second-order valence-electron chi connectivity index (χ2n) is 7.74. The minimum Gasteiger partial charge on any atom is -0.487 e. The topological polar surface area (TPSA) is 60.0 Å². The van der Waals surface area contributed by atoms with E-state index in [1.807, 2.05) is 12.1 Å². The quantitative estimate of drug-likeness (QED) is 0.404. The summed E-state index contributed by atoms with van der Waals surface area (Å²) in [6.07, 6.45) is 2.41. The van der Waals surface area contributed by atoms with Crippen LogP contribution in [0.1, 0.15) is 32.3 Å². The van der Waals surface area contributed by atoms with E-state index in [9.17, 15) is 4.79 Å². The zero-order chi connectivity index (χ0) is 21.9. The van der Waals surface area contributed by atoms with Gasteiger partial charge in [0.25, 0.3) is 0 Å². The molecule has 0 amide bonds. The number of esters is 1. The van der Waals surface area contributed by atoms with Crippen LogP contribution >= 0.6 is 0 Å². The van der Waals surface area contributed by atoms with Crippen molar-refractivity contribution < 1.29 is 19.0 Å². The molecule has 0 spiro atoms. The smallest absolute Gasteiger partial charge is 0.308 e. The minimum absolute atomic E-state index is 0.203. The molecule has 6 heteroatoms. The van der Waals surface area contributed by atoms with E-state index in [-0.39, 0.29) is 12.1 Å². The van der Waals surface area contributed by atoms with E-state index in [4.69, 9.17) is 14.2 Å². The van der Waals surface area contributed by atoms with Gasteiger partial charge in [0.2, 0.25) is 0 Å². The molecule has 0 aliphatic carbocycles. The molecule has 2 aromatic rings. The first kappa shape index (κ1) is 22.9. The number of benzene rings is 2. The van der Waals surface area contributed by atoms with E-state index < -0.39 is 0 Å². The van der Waals surface area contributed by atoms with Crippen molar-refractivity contribution in [3.63, 3.8) is 0 Å². The summed E-state index contributed by atoms with van der Waals surface area (Å²) in [6, 6.07) is 16.7. The average molecular weight is 427 g/mol. The molecule has 0 radical (unpaired) electrons. The van der Waals surface area contributed by atoms with E-state index in [1.54, 1.807) is 6.92 Å². The predicted molar refractivity (Wildman–Crippen MR) is 124 cm³/mol. The first-order chi connectivity index (χ1) is 15.2. The lowest BCUT2D eigenvalue weighted by Gasteiger charge is -2.35. The first-order valence-corrected chi connectivity index (χ1v) is 11.2. The van der Waals surface area contributed by atoms with Gasteiger partial charge in [-0.1, -0.05) is 24.3 Å². The van der Waals surface area contributed by atoms with Crippen molar-refractivity contribution in [2.75, 3.05) is 49.7 Å². The average Bonchev–Trinajstić information content (AvgIpc) is 2.77. The summed E-state index contributed by atoms with van der Waals surface area (Å²) in [5, 5.41) is 3.51. The fourth-order valence-corrected chi connectivity index (χ4v) is 3.67. The van der Waals surface area contributed by atoms with Gasteiger partial charge in [-0.25, -0.2) is 0 Å².